The Morgan fingerprint density at radius 3 is 1.50 bits per heavy atom. The molecule has 50 heavy (non-hydrogen) atoms. The number of aromatic nitrogens is 1. The minimum Gasteiger partial charge on any atom is -0.341 e. The number of alkyl halides is 3. The highest BCUT2D eigenvalue weighted by molar-refractivity contribution is 8.33. The topological polar surface area (TPSA) is 48.3 Å². The fourth-order valence-corrected chi connectivity index (χ4v) is 12.3. The predicted octanol–water partition coefficient (Wildman–Crippen LogP) is 12.2. The van der Waals surface area contributed by atoms with E-state index in [-0.39, 0.29) is 0 Å². The molecule has 0 aliphatic rings. The summed E-state index contributed by atoms with van der Waals surface area (Å²) in [6.07, 6.45) is 0. The van der Waals surface area contributed by atoms with Gasteiger partial charge in [0.15, 0.2) is 0 Å². The van der Waals surface area contributed by atoms with Gasteiger partial charge >= 0.3 is 15.6 Å². The number of aryl methyl sites for hydroxylation is 1. The van der Waals surface area contributed by atoms with Gasteiger partial charge in [-0.1, -0.05) is 78.1 Å². The van der Waals surface area contributed by atoms with Crippen LogP contribution in [0.2, 0.25) is 0 Å². The molecule has 0 atom stereocenters. The standard InChI is InChI=1S/C39H30F3NO3S4/c1-2-43-37-16-10-9-15-35(37)36-27-34(25-26-38(36)43)49(46-50(44,45)39(40,41)42,32-21-17-30(18-22-32)47-28-11-5-3-6-12-28)33-23-19-31(20-24-33)48-29-13-7-4-8-14-29/h3-27H,2H2,1H3. The van der Waals surface area contributed by atoms with Crippen LogP contribution < -0.4 is 0 Å². The molecule has 7 aromatic rings. The molecule has 0 aliphatic carbocycles. The molecular weight excluding hydrogens is 716 g/mol. The highest BCUT2D eigenvalue weighted by atomic mass is 32.3. The van der Waals surface area contributed by atoms with Crippen LogP contribution in [-0.4, -0.2) is 18.5 Å². The van der Waals surface area contributed by atoms with Gasteiger partial charge in [-0.15, -0.1) is 0 Å². The van der Waals surface area contributed by atoms with E-state index in [1.165, 1.54) is 23.5 Å². The van der Waals surface area contributed by atoms with Gasteiger partial charge < -0.3 is 4.57 Å². The lowest BCUT2D eigenvalue weighted by molar-refractivity contribution is -0.0496. The van der Waals surface area contributed by atoms with Crippen LogP contribution in [0.15, 0.2) is 186 Å². The Labute approximate surface area is 298 Å². The van der Waals surface area contributed by atoms with Gasteiger partial charge in [-0.3, -0.25) is 0 Å². The van der Waals surface area contributed by atoms with Gasteiger partial charge in [-0.2, -0.15) is 25.2 Å². The normalized spacial score (nSPS) is 12.8. The van der Waals surface area contributed by atoms with E-state index in [4.69, 9.17) is 3.63 Å². The zero-order valence-electron chi connectivity index (χ0n) is 26.6. The summed E-state index contributed by atoms with van der Waals surface area (Å²) in [5, 5.41) is 1.69. The molecule has 0 bridgehead atoms. The SMILES string of the molecule is CCn1c2ccccc2c2cc(S(OS(=O)(=O)C(F)(F)F)(c3ccc(Sc4ccccc4)cc3)c3ccc(Sc4ccccc4)cc3)ccc21. The number of halogens is 3. The van der Waals surface area contributed by atoms with Crippen LogP contribution in [0.5, 0.6) is 0 Å². The Hall–Kier alpha value is -4.13. The average Bonchev–Trinajstić information content (AvgIpc) is 3.45. The number of rotatable bonds is 10. The lowest BCUT2D eigenvalue weighted by Gasteiger charge is -2.39. The molecule has 1 heterocycles. The van der Waals surface area contributed by atoms with Crippen LogP contribution in [0, 0.1) is 0 Å². The number of hydrogen-bond acceptors (Lipinski definition) is 5. The van der Waals surface area contributed by atoms with Crippen LogP contribution in [0.1, 0.15) is 6.92 Å². The van der Waals surface area contributed by atoms with Crippen LogP contribution in [0.4, 0.5) is 13.2 Å². The van der Waals surface area contributed by atoms with Crippen molar-refractivity contribution < 1.29 is 25.2 Å². The summed E-state index contributed by atoms with van der Waals surface area (Å²) >= 11 is 2.98. The van der Waals surface area contributed by atoms with Gasteiger partial charge in [0.1, 0.15) is 0 Å². The van der Waals surface area contributed by atoms with Crippen molar-refractivity contribution in [1.29, 1.82) is 0 Å². The van der Waals surface area contributed by atoms with E-state index >= 15 is 0 Å². The van der Waals surface area contributed by atoms with E-state index in [1.807, 2.05) is 97.9 Å². The van der Waals surface area contributed by atoms with Gasteiger partial charge in [0.05, 0.1) is 0 Å². The Bertz CT molecular complexity index is 2300. The number of fused-ring (bicyclic) bond motifs is 3. The molecule has 0 unspecified atom stereocenters. The first-order valence-electron chi connectivity index (χ1n) is 15.6. The molecule has 0 saturated heterocycles. The number of nitrogens with zero attached hydrogens (tertiary/aromatic N) is 1. The highest BCUT2D eigenvalue weighted by Crippen LogP contribution is 2.71. The Morgan fingerprint density at radius 2 is 1.00 bits per heavy atom. The monoisotopic (exact) mass is 745 g/mol. The van der Waals surface area contributed by atoms with Crippen molar-refractivity contribution in [2.75, 3.05) is 0 Å². The molecular formula is C39H30F3NO3S4. The molecule has 0 spiro atoms. The van der Waals surface area contributed by atoms with Crippen molar-refractivity contribution in [2.24, 2.45) is 0 Å². The number of hydrogen-bond donors (Lipinski definition) is 0. The number of benzene rings is 6. The Kier molecular flexibility index (Phi) is 9.53. The molecule has 6 aromatic carbocycles. The zero-order valence-corrected chi connectivity index (χ0v) is 29.8. The quantitative estimate of drug-likeness (QED) is 0.131. The molecule has 0 aliphatic heterocycles. The van der Waals surface area contributed by atoms with Crippen molar-refractivity contribution >= 4 is 65.8 Å². The van der Waals surface area contributed by atoms with Crippen molar-refractivity contribution in [3.05, 3.63) is 152 Å². The predicted molar refractivity (Wildman–Crippen MR) is 198 cm³/mol. The van der Waals surface area contributed by atoms with E-state index in [2.05, 4.69) is 4.57 Å². The summed E-state index contributed by atoms with van der Waals surface area (Å²) in [6, 6.07) is 46.4. The minimum absolute atomic E-state index is 0.310. The lowest BCUT2D eigenvalue weighted by Crippen LogP contribution is -2.27. The number of para-hydroxylation sites is 1. The maximum absolute atomic E-state index is 14.3. The third kappa shape index (κ3) is 6.56. The highest BCUT2D eigenvalue weighted by Gasteiger charge is 2.52. The lowest BCUT2D eigenvalue weighted by atomic mass is 10.1. The largest absolute Gasteiger partial charge is 0.524 e. The summed E-state index contributed by atoms with van der Waals surface area (Å²) in [5.41, 5.74) is -3.80. The summed E-state index contributed by atoms with van der Waals surface area (Å²) in [6.45, 7) is 2.69. The molecule has 0 saturated carbocycles. The summed E-state index contributed by atoms with van der Waals surface area (Å²) in [4.78, 5) is 4.59. The second-order valence-electron chi connectivity index (χ2n) is 11.2. The third-order valence-electron chi connectivity index (χ3n) is 8.14. The van der Waals surface area contributed by atoms with Crippen molar-refractivity contribution in [1.82, 2.24) is 4.57 Å². The van der Waals surface area contributed by atoms with E-state index in [0.717, 1.165) is 41.4 Å². The zero-order chi connectivity index (χ0) is 34.9. The molecule has 0 radical (unpaired) electrons. The maximum atomic E-state index is 14.3. The van der Waals surface area contributed by atoms with Gasteiger partial charge in [-0.25, -0.2) is 0 Å². The molecule has 0 fully saturated rings. The van der Waals surface area contributed by atoms with E-state index < -0.39 is 25.9 Å². The maximum Gasteiger partial charge on any atom is 0.524 e. The second-order valence-corrected chi connectivity index (χ2v) is 18.0. The molecule has 11 heteroatoms. The molecule has 1 aromatic heterocycles. The molecule has 4 nitrogen and oxygen atoms in total. The van der Waals surface area contributed by atoms with Crippen LogP contribution >= 0.6 is 33.8 Å². The van der Waals surface area contributed by atoms with Gasteiger partial charge in [0, 0.05) is 62.6 Å². The molecule has 254 valence electrons. The van der Waals surface area contributed by atoms with E-state index in [9.17, 15) is 21.6 Å². The van der Waals surface area contributed by atoms with Crippen LogP contribution in [-0.2, 0) is 20.3 Å². The second kappa shape index (κ2) is 13.9. The van der Waals surface area contributed by atoms with Crippen LogP contribution in [0.25, 0.3) is 21.8 Å². The van der Waals surface area contributed by atoms with Crippen LogP contribution in [0.3, 0.4) is 0 Å². The summed E-state index contributed by atoms with van der Waals surface area (Å²) in [7, 11) is -9.64. The van der Waals surface area contributed by atoms with Gasteiger partial charge in [0.25, 0.3) is 0 Å². The Morgan fingerprint density at radius 1 is 0.560 bits per heavy atom. The summed E-state index contributed by atoms with van der Waals surface area (Å²) in [5.74, 6) is 0. The van der Waals surface area contributed by atoms with Gasteiger partial charge in [-0.05, 0) is 114 Å². The fraction of sp³-hybridized carbons (Fsp3) is 0.0769. The smallest absolute Gasteiger partial charge is 0.341 e. The molecule has 0 amide bonds. The van der Waals surface area contributed by atoms with Gasteiger partial charge in [0.2, 0.25) is 0 Å². The molecule has 7 rings (SSSR count). The first-order valence-corrected chi connectivity index (χ1v) is 20.2. The van der Waals surface area contributed by atoms with Crippen molar-refractivity contribution in [3.8, 4) is 0 Å². The molecule has 0 N–H and O–H groups in total. The van der Waals surface area contributed by atoms with Crippen molar-refractivity contribution in [3.63, 3.8) is 0 Å². The Balaban J connectivity index is 1.46. The third-order valence-corrected chi connectivity index (χ3v) is 15.1. The van der Waals surface area contributed by atoms with E-state index in [0.29, 0.717) is 21.2 Å². The average molecular weight is 746 g/mol. The summed E-state index contributed by atoms with van der Waals surface area (Å²) < 4.78 is 77.2. The van der Waals surface area contributed by atoms with E-state index in [1.54, 1.807) is 60.7 Å². The first-order chi connectivity index (χ1) is 24.1. The van der Waals surface area contributed by atoms with Crippen molar-refractivity contribution in [2.45, 2.75) is 53.2 Å². The fourth-order valence-electron chi connectivity index (χ4n) is 5.90. The minimum atomic E-state index is -6.09. The first kappa shape index (κ1) is 34.3.